The molecule has 1 saturated carbocycles. The first-order valence-corrected chi connectivity index (χ1v) is 7.92. The van der Waals surface area contributed by atoms with Gasteiger partial charge in [-0.25, -0.2) is 0 Å². The van der Waals surface area contributed by atoms with Gasteiger partial charge in [-0.05, 0) is 36.5 Å². The number of hydrogen-bond acceptors (Lipinski definition) is 2. The third kappa shape index (κ3) is 5.29. The monoisotopic (exact) mass is 289 g/mol. The Bertz CT molecular complexity index is 473. The van der Waals surface area contributed by atoms with E-state index < -0.39 is 0 Å². The summed E-state index contributed by atoms with van der Waals surface area (Å²) in [6, 6.07) is 8.83. The van der Waals surface area contributed by atoms with Crippen LogP contribution >= 0.6 is 0 Å². The Hall–Kier alpha value is -1.71. The molecule has 21 heavy (non-hydrogen) atoms. The zero-order valence-corrected chi connectivity index (χ0v) is 13.4. The Balaban J connectivity index is 1.80. The maximum atomic E-state index is 5.74. The molecular formula is C17H27N3O. The highest BCUT2D eigenvalue weighted by atomic mass is 16.5. The predicted molar refractivity (Wildman–Crippen MR) is 87.7 cm³/mol. The SMILES string of the molecule is CCCCOc1cccc(CNC(=NC)NC2CC2C)c1. The molecule has 0 amide bonds. The number of unbranched alkanes of at least 4 members (excludes halogenated alkanes) is 1. The van der Waals surface area contributed by atoms with Crippen LogP contribution in [0, 0.1) is 5.92 Å². The largest absolute Gasteiger partial charge is 0.494 e. The molecule has 0 radical (unpaired) electrons. The molecule has 4 nitrogen and oxygen atoms in total. The van der Waals surface area contributed by atoms with Gasteiger partial charge >= 0.3 is 0 Å². The molecule has 0 spiro atoms. The van der Waals surface area contributed by atoms with Crippen LogP contribution in [-0.4, -0.2) is 25.7 Å². The fourth-order valence-corrected chi connectivity index (χ4v) is 2.16. The van der Waals surface area contributed by atoms with E-state index in [1.54, 1.807) is 0 Å². The van der Waals surface area contributed by atoms with E-state index >= 15 is 0 Å². The Kier molecular flexibility index (Phi) is 5.90. The van der Waals surface area contributed by atoms with Gasteiger partial charge in [-0.1, -0.05) is 32.4 Å². The Morgan fingerprint density at radius 1 is 1.43 bits per heavy atom. The molecule has 1 fully saturated rings. The first-order valence-electron chi connectivity index (χ1n) is 7.92. The number of nitrogens with one attached hydrogen (secondary N) is 2. The molecule has 0 bridgehead atoms. The van der Waals surface area contributed by atoms with Gasteiger partial charge in [-0.15, -0.1) is 0 Å². The van der Waals surface area contributed by atoms with Gasteiger partial charge in [-0.3, -0.25) is 4.99 Å². The highest BCUT2D eigenvalue weighted by Gasteiger charge is 2.33. The summed E-state index contributed by atoms with van der Waals surface area (Å²) < 4.78 is 5.74. The van der Waals surface area contributed by atoms with Gasteiger partial charge in [0.25, 0.3) is 0 Å². The number of rotatable bonds is 7. The van der Waals surface area contributed by atoms with Crippen molar-refractivity contribution in [2.45, 2.75) is 45.7 Å². The fourth-order valence-electron chi connectivity index (χ4n) is 2.16. The average molecular weight is 289 g/mol. The van der Waals surface area contributed by atoms with Crippen LogP contribution in [0.4, 0.5) is 0 Å². The second kappa shape index (κ2) is 7.91. The van der Waals surface area contributed by atoms with E-state index in [2.05, 4.69) is 41.6 Å². The normalized spacial score (nSPS) is 21.0. The highest BCUT2D eigenvalue weighted by molar-refractivity contribution is 5.80. The van der Waals surface area contributed by atoms with Crippen molar-refractivity contribution in [3.8, 4) is 5.75 Å². The molecule has 2 atom stereocenters. The van der Waals surface area contributed by atoms with Crippen LogP contribution in [0.3, 0.4) is 0 Å². The van der Waals surface area contributed by atoms with Crippen molar-refractivity contribution in [2.24, 2.45) is 10.9 Å². The van der Waals surface area contributed by atoms with Gasteiger partial charge in [-0.2, -0.15) is 0 Å². The molecule has 1 aliphatic carbocycles. The Labute approximate surface area is 128 Å². The van der Waals surface area contributed by atoms with Crippen molar-refractivity contribution in [3.05, 3.63) is 29.8 Å². The van der Waals surface area contributed by atoms with Crippen molar-refractivity contribution in [1.82, 2.24) is 10.6 Å². The summed E-state index contributed by atoms with van der Waals surface area (Å²) in [5, 5.41) is 6.78. The molecule has 0 saturated heterocycles. The van der Waals surface area contributed by atoms with E-state index in [1.807, 2.05) is 19.2 Å². The summed E-state index contributed by atoms with van der Waals surface area (Å²) in [6.07, 6.45) is 3.49. The van der Waals surface area contributed by atoms with Crippen LogP contribution in [0.1, 0.15) is 38.7 Å². The number of aliphatic imine (C=N–C) groups is 1. The quantitative estimate of drug-likeness (QED) is 0.461. The molecule has 1 aliphatic rings. The zero-order chi connectivity index (χ0) is 15.1. The summed E-state index contributed by atoms with van der Waals surface area (Å²) >= 11 is 0. The number of benzene rings is 1. The predicted octanol–water partition coefficient (Wildman–Crippen LogP) is 2.94. The number of ether oxygens (including phenoxy) is 1. The van der Waals surface area contributed by atoms with Crippen molar-refractivity contribution in [2.75, 3.05) is 13.7 Å². The van der Waals surface area contributed by atoms with E-state index in [0.717, 1.165) is 43.6 Å². The lowest BCUT2D eigenvalue weighted by molar-refractivity contribution is 0.309. The maximum absolute atomic E-state index is 5.74. The van der Waals surface area contributed by atoms with Crippen molar-refractivity contribution >= 4 is 5.96 Å². The molecule has 0 heterocycles. The lowest BCUT2D eigenvalue weighted by Gasteiger charge is -2.12. The molecule has 0 aromatic heterocycles. The average Bonchev–Trinajstić information content (AvgIpc) is 3.19. The molecule has 1 aromatic carbocycles. The van der Waals surface area contributed by atoms with Crippen LogP contribution in [0.25, 0.3) is 0 Å². The van der Waals surface area contributed by atoms with E-state index in [0.29, 0.717) is 6.04 Å². The minimum absolute atomic E-state index is 0.583. The molecule has 2 rings (SSSR count). The summed E-state index contributed by atoms with van der Waals surface area (Å²) in [5.74, 6) is 2.59. The third-order valence-corrected chi connectivity index (χ3v) is 3.78. The van der Waals surface area contributed by atoms with E-state index in [9.17, 15) is 0 Å². The van der Waals surface area contributed by atoms with Gasteiger partial charge in [0.15, 0.2) is 5.96 Å². The van der Waals surface area contributed by atoms with Crippen molar-refractivity contribution in [3.63, 3.8) is 0 Å². The van der Waals surface area contributed by atoms with Crippen molar-refractivity contribution in [1.29, 1.82) is 0 Å². The molecule has 2 N–H and O–H groups in total. The molecular weight excluding hydrogens is 262 g/mol. The van der Waals surface area contributed by atoms with Crippen LogP contribution < -0.4 is 15.4 Å². The fraction of sp³-hybridized carbons (Fsp3) is 0.588. The van der Waals surface area contributed by atoms with Gasteiger partial charge in [0.05, 0.1) is 6.61 Å². The standard InChI is InChI=1S/C17H27N3O/c1-4-5-9-21-15-8-6-7-14(11-15)12-19-17(18-3)20-16-10-13(16)2/h6-8,11,13,16H,4-5,9-10,12H2,1-3H3,(H2,18,19,20). The maximum Gasteiger partial charge on any atom is 0.191 e. The minimum atomic E-state index is 0.583. The van der Waals surface area contributed by atoms with Gasteiger partial charge < -0.3 is 15.4 Å². The summed E-state index contributed by atoms with van der Waals surface area (Å²) in [5.41, 5.74) is 1.20. The van der Waals surface area contributed by atoms with Crippen LogP contribution in [0.5, 0.6) is 5.75 Å². The second-order valence-electron chi connectivity index (χ2n) is 5.74. The molecule has 4 heteroatoms. The lowest BCUT2D eigenvalue weighted by atomic mass is 10.2. The van der Waals surface area contributed by atoms with Crippen molar-refractivity contribution < 1.29 is 4.74 Å². The molecule has 0 aliphatic heterocycles. The summed E-state index contributed by atoms with van der Waals surface area (Å²) in [7, 11) is 1.81. The number of guanidine groups is 1. The van der Waals surface area contributed by atoms with E-state index in [4.69, 9.17) is 4.74 Å². The van der Waals surface area contributed by atoms with Gasteiger partial charge in [0, 0.05) is 19.6 Å². The van der Waals surface area contributed by atoms with E-state index in [-0.39, 0.29) is 0 Å². The second-order valence-corrected chi connectivity index (χ2v) is 5.74. The van der Waals surface area contributed by atoms with E-state index in [1.165, 1.54) is 12.0 Å². The summed E-state index contributed by atoms with van der Waals surface area (Å²) in [4.78, 5) is 4.26. The molecule has 116 valence electrons. The van der Waals surface area contributed by atoms with Crippen LogP contribution in [-0.2, 0) is 6.54 Å². The lowest BCUT2D eigenvalue weighted by Crippen LogP contribution is -2.38. The smallest absolute Gasteiger partial charge is 0.191 e. The van der Waals surface area contributed by atoms with Gasteiger partial charge in [0.2, 0.25) is 0 Å². The third-order valence-electron chi connectivity index (χ3n) is 3.78. The number of hydrogen-bond donors (Lipinski definition) is 2. The Morgan fingerprint density at radius 3 is 2.90 bits per heavy atom. The molecule has 1 aromatic rings. The van der Waals surface area contributed by atoms with Crippen LogP contribution in [0.2, 0.25) is 0 Å². The zero-order valence-electron chi connectivity index (χ0n) is 13.4. The minimum Gasteiger partial charge on any atom is -0.494 e. The summed E-state index contributed by atoms with van der Waals surface area (Å²) in [6.45, 7) is 5.97. The first-order chi connectivity index (χ1) is 10.2. The highest BCUT2D eigenvalue weighted by Crippen LogP contribution is 2.28. The van der Waals surface area contributed by atoms with Gasteiger partial charge in [0.1, 0.15) is 5.75 Å². The number of nitrogens with zero attached hydrogens (tertiary/aromatic N) is 1. The first kappa shape index (κ1) is 15.7. The molecule has 2 unspecified atom stereocenters. The van der Waals surface area contributed by atoms with Crippen LogP contribution in [0.15, 0.2) is 29.3 Å². The topological polar surface area (TPSA) is 45.6 Å². The Morgan fingerprint density at radius 2 is 2.24 bits per heavy atom.